The highest BCUT2D eigenvalue weighted by Gasteiger charge is 2.50. The van der Waals surface area contributed by atoms with Crippen LogP contribution in [0, 0.1) is 11.7 Å². The van der Waals surface area contributed by atoms with Crippen LogP contribution in [-0.2, 0) is 24.9 Å². The Morgan fingerprint density at radius 1 is 1.05 bits per heavy atom. The van der Waals surface area contributed by atoms with Crippen LogP contribution in [0.25, 0.3) is 33.5 Å². The molecule has 0 bridgehead atoms. The molecule has 0 aliphatic heterocycles. The summed E-state index contributed by atoms with van der Waals surface area (Å²) in [5.41, 5.74) is 5.96. The average molecular weight is 507 g/mol. The fourth-order valence-corrected chi connectivity index (χ4v) is 6.85. The molecule has 0 saturated heterocycles. The topological polar surface area (TPSA) is 84.9 Å². The lowest BCUT2D eigenvalue weighted by atomic mass is 9.56. The fraction of sp³-hybridized carbons (Fsp3) is 0.290. The lowest BCUT2D eigenvalue weighted by Gasteiger charge is -2.47. The van der Waals surface area contributed by atoms with Crippen molar-refractivity contribution in [1.29, 1.82) is 0 Å². The molecule has 7 heteroatoms. The Kier molecular flexibility index (Phi) is 5.20. The molecule has 1 N–H and O–H groups in total. The zero-order chi connectivity index (χ0) is 26.0. The van der Waals surface area contributed by atoms with Gasteiger partial charge in [-0.1, -0.05) is 49.3 Å². The molecule has 0 fully saturated rings. The van der Waals surface area contributed by atoms with Crippen molar-refractivity contribution in [2.24, 2.45) is 5.92 Å². The molecular weight excluding hydrogens is 479 g/mol. The number of para-hydroxylation sites is 1. The average Bonchev–Trinajstić information content (AvgIpc) is 3.40. The van der Waals surface area contributed by atoms with E-state index >= 15 is 4.39 Å². The molecule has 0 unspecified atom stereocenters. The van der Waals surface area contributed by atoms with Gasteiger partial charge in [0.05, 0.1) is 35.4 Å². The SMILES string of the molecule is C[C@H]1c2oncc2C[C@@]2(C)c3nc(-c4cc(CO)nc5ccccc45)nc(-c4ccccc4F)c3CC[C@H]12. The number of aromatic nitrogens is 4. The quantitative estimate of drug-likeness (QED) is 0.316. The van der Waals surface area contributed by atoms with Gasteiger partial charge in [0.2, 0.25) is 0 Å². The monoisotopic (exact) mass is 506 g/mol. The standard InChI is InChI=1S/C31H27FN4O2/c1-17-24-12-11-22-27(21-8-3-5-9-25(21)32)35-30(23-13-19(16-37)34-26-10-6-4-7-20(23)26)36-29(22)31(24,2)14-18-15-33-38-28(17)18/h3-10,13,15,17,24,37H,11-12,14,16H2,1-2H3/t17-,24-,31-/m1/s1. The van der Waals surface area contributed by atoms with E-state index in [-0.39, 0.29) is 23.8 Å². The zero-order valence-electron chi connectivity index (χ0n) is 21.3. The minimum absolute atomic E-state index is 0.192. The van der Waals surface area contributed by atoms with Gasteiger partial charge in [0.15, 0.2) is 5.82 Å². The van der Waals surface area contributed by atoms with Crippen LogP contribution < -0.4 is 0 Å². The number of aliphatic hydroxyl groups is 1. The van der Waals surface area contributed by atoms with Crippen molar-refractivity contribution in [3.05, 3.63) is 94.9 Å². The first-order valence-electron chi connectivity index (χ1n) is 13.1. The summed E-state index contributed by atoms with van der Waals surface area (Å²) in [7, 11) is 0. The number of pyridine rings is 1. The number of rotatable bonds is 3. The predicted molar refractivity (Wildman–Crippen MR) is 142 cm³/mol. The van der Waals surface area contributed by atoms with Crippen LogP contribution in [0.3, 0.4) is 0 Å². The minimum Gasteiger partial charge on any atom is -0.390 e. The van der Waals surface area contributed by atoms with Crippen LogP contribution in [0.2, 0.25) is 0 Å². The third kappa shape index (κ3) is 3.34. The molecule has 190 valence electrons. The maximum absolute atomic E-state index is 15.3. The van der Waals surface area contributed by atoms with E-state index < -0.39 is 0 Å². The molecule has 7 rings (SSSR count). The maximum Gasteiger partial charge on any atom is 0.160 e. The molecule has 3 atom stereocenters. The van der Waals surface area contributed by atoms with Gasteiger partial charge < -0.3 is 9.63 Å². The summed E-state index contributed by atoms with van der Waals surface area (Å²) in [6.07, 6.45) is 4.26. The van der Waals surface area contributed by atoms with Gasteiger partial charge in [-0.25, -0.2) is 14.4 Å². The highest BCUT2D eigenvalue weighted by atomic mass is 19.1. The van der Waals surface area contributed by atoms with E-state index in [4.69, 9.17) is 14.5 Å². The van der Waals surface area contributed by atoms with Crippen LogP contribution in [-0.4, -0.2) is 25.2 Å². The summed E-state index contributed by atoms with van der Waals surface area (Å²) in [5, 5.41) is 15.0. The number of hydrogen-bond acceptors (Lipinski definition) is 6. The van der Waals surface area contributed by atoms with Gasteiger partial charge >= 0.3 is 0 Å². The summed E-state index contributed by atoms with van der Waals surface area (Å²) in [6, 6.07) is 16.4. The van der Waals surface area contributed by atoms with Gasteiger partial charge in [-0.3, -0.25) is 4.98 Å². The maximum atomic E-state index is 15.3. The first kappa shape index (κ1) is 23.2. The molecule has 38 heavy (non-hydrogen) atoms. The molecular formula is C31H27FN4O2. The molecule has 0 spiro atoms. The van der Waals surface area contributed by atoms with Gasteiger partial charge in [0.1, 0.15) is 11.6 Å². The molecule has 0 amide bonds. The van der Waals surface area contributed by atoms with Gasteiger partial charge in [0.25, 0.3) is 0 Å². The largest absolute Gasteiger partial charge is 0.390 e. The van der Waals surface area contributed by atoms with Crippen molar-refractivity contribution in [3.63, 3.8) is 0 Å². The van der Waals surface area contributed by atoms with Crippen LogP contribution in [0.1, 0.15) is 54.5 Å². The highest BCUT2D eigenvalue weighted by molar-refractivity contribution is 5.93. The molecule has 5 aromatic rings. The summed E-state index contributed by atoms with van der Waals surface area (Å²) >= 11 is 0. The van der Waals surface area contributed by atoms with Crippen molar-refractivity contribution in [1.82, 2.24) is 20.1 Å². The molecule has 3 heterocycles. The summed E-state index contributed by atoms with van der Waals surface area (Å²) in [5.74, 6) is 1.67. The summed E-state index contributed by atoms with van der Waals surface area (Å²) < 4.78 is 20.9. The summed E-state index contributed by atoms with van der Waals surface area (Å²) in [4.78, 5) is 14.9. The number of aliphatic hydroxyl groups excluding tert-OH is 1. The fourth-order valence-electron chi connectivity index (χ4n) is 6.85. The van der Waals surface area contributed by atoms with Gasteiger partial charge in [-0.15, -0.1) is 0 Å². The first-order chi connectivity index (χ1) is 18.5. The molecule has 2 aromatic carbocycles. The van der Waals surface area contributed by atoms with Gasteiger partial charge in [-0.05, 0) is 49.4 Å². The molecule has 2 aliphatic carbocycles. The molecule has 0 radical (unpaired) electrons. The van der Waals surface area contributed by atoms with Gasteiger partial charge in [-0.2, -0.15) is 0 Å². The predicted octanol–water partition coefficient (Wildman–Crippen LogP) is 6.16. The second kappa shape index (κ2) is 8.53. The van der Waals surface area contributed by atoms with Crippen LogP contribution in [0.5, 0.6) is 0 Å². The Labute approximate surface area is 219 Å². The van der Waals surface area contributed by atoms with E-state index in [2.05, 4.69) is 24.0 Å². The second-order valence-electron chi connectivity index (χ2n) is 10.8. The lowest BCUT2D eigenvalue weighted by molar-refractivity contribution is 0.172. The van der Waals surface area contributed by atoms with Crippen molar-refractivity contribution in [2.75, 3.05) is 0 Å². The Morgan fingerprint density at radius 3 is 2.71 bits per heavy atom. The van der Waals surface area contributed by atoms with E-state index in [0.717, 1.165) is 58.3 Å². The number of fused-ring (bicyclic) bond motifs is 5. The van der Waals surface area contributed by atoms with E-state index in [9.17, 15) is 5.11 Å². The van der Waals surface area contributed by atoms with Crippen LogP contribution >= 0.6 is 0 Å². The first-order valence-corrected chi connectivity index (χ1v) is 13.1. The summed E-state index contributed by atoms with van der Waals surface area (Å²) in [6.45, 7) is 4.28. The van der Waals surface area contributed by atoms with Crippen molar-refractivity contribution >= 4 is 10.9 Å². The van der Waals surface area contributed by atoms with Crippen molar-refractivity contribution < 1.29 is 14.0 Å². The molecule has 2 aliphatic rings. The van der Waals surface area contributed by atoms with E-state index in [0.29, 0.717) is 28.7 Å². The number of benzene rings is 2. The number of hydrogen-bond donors (Lipinski definition) is 1. The normalized spacial score (nSPS) is 22.1. The van der Waals surface area contributed by atoms with Gasteiger partial charge in [0, 0.05) is 39.0 Å². The molecule has 0 saturated carbocycles. The van der Waals surface area contributed by atoms with Crippen molar-refractivity contribution in [2.45, 2.75) is 51.0 Å². The Bertz CT molecular complexity index is 1710. The third-order valence-electron chi connectivity index (χ3n) is 8.62. The highest BCUT2D eigenvalue weighted by Crippen LogP contribution is 2.54. The van der Waals surface area contributed by atoms with E-state index in [1.54, 1.807) is 12.1 Å². The third-order valence-corrected chi connectivity index (χ3v) is 8.62. The number of nitrogens with zero attached hydrogens (tertiary/aromatic N) is 4. The van der Waals surface area contributed by atoms with Crippen molar-refractivity contribution in [3.8, 4) is 22.6 Å². The Balaban J connectivity index is 1.54. The smallest absolute Gasteiger partial charge is 0.160 e. The Hall–Kier alpha value is -3.97. The lowest BCUT2D eigenvalue weighted by Crippen LogP contribution is -2.45. The van der Waals surface area contributed by atoms with Crippen LogP contribution in [0.15, 0.2) is 65.3 Å². The zero-order valence-corrected chi connectivity index (χ0v) is 21.3. The minimum atomic E-state index is -0.305. The van der Waals surface area contributed by atoms with E-state index in [1.165, 1.54) is 6.07 Å². The molecule has 3 aromatic heterocycles. The number of halogens is 1. The van der Waals surface area contributed by atoms with Crippen LogP contribution in [0.4, 0.5) is 4.39 Å². The Morgan fingerprint density at radius 2 is 1.87 bits per heavy atom. The molecule has 6 nitrogen and oxygen atoms in total. The van der Waals surface area contributed by atoms with E-state index in [1.807, 2.05) is 42.6 Å². The second-order valence-corrected chi connectivity index (χ2v) is 10.8.